The number of carbonyl (C=O) groups is 1. The predicted molar refractivity (Wildman–Crippen MR) is 104 cm³/mol. The molecule has 2 aromatic rings. The van der Waals surface area contributed by atoms with Crippen LogP contribution in [0.3, 0.4) is 0 Å². The second-order valence-electron chi connectivity index (χ2n) is 4.71. The molecule has 0 saturated carbocycles. The minimum Gasteiger partial charge on any atom is -0.493 e. The maximum absolute atomic E-state index is 12.1. The Labute approximate surface area is 162 Å². The molecular weight excluding hydrogens is 452 g/mol. The first kappa shape index (κ1) is 19.0. The summed E-state index contributed by atoms with van der Waals surface area (Å²) in [5.74, 6) is 3.10. The van der Waals surface area contributed by atoms with Gasteiger partial charge in [-0.1, -0.05) is 18.1 Å². The quantitative estimate of drug-likeness (QED) is 0.398. The summed E-state index contributed by atoms with van der Waals surface area (Å²) in [6.45, 7) is 0.129. The molecule has 0 fully saturated rings. The van der Waals surface area contributed by atoms with Crippen molar-refractivity contribution in [3.63, 3.8) is 0 Å². The average molecular weight is 466 g/mol. The first-order chi connectivity index (χ1) is 12.1. The molecule has 5 nitrogen and oxygen atoms in total. The van der Waals surface area contributed by atoms with Gasteiger partial charge in [0, 0.05) is 4.47 Å². The van der Waals surface area contributed by atoms with Gasteiger partial charge in [0.25, 0.3) is 5.91 Å². The molecule has 0 atom stereocenters. The summed E-state index contributed by atoms with van der Waals surface area (Å²) in [5, 5.41) is 3.97. The first-order valence-corrected chi connectivity index (χ1v) is 8.67. The minimum absolute atomic E-state index is 0.129. The average Bonchev–Trinajstić information content (AvgIpc) is 2.60. The van der Waals surface area contributed by atoms with Gasteiger partial charge >= 0.3 is 0 Å². The fraction of sp³-hybridized carbons (Fsp3) is 0.111. The fourth-order valence-electron chi connectivity index (χ4n) is 1.94. The summed E-state index contributed by atoms with van der Waals surface area (Å²) in [6.07, 6.45) is 6.71. The van der Waals surface area contributed by atoms with Crippen LogP contribution in [0.25, 0.3) is 0 Å². The van der Waals surface area contributed by atoms with E-state index in [-0.39, 0.29) is 12.5 Å². The highest BCUT2D eigenvalue weighted by atomic mass is 79.9. The molecule has 2 aromatic carbocycles. The van der Waals surface area contributed by atoms with E-state index in [0.717, 1.165) is 0 Å². The molecule has 1 N–H and O–H groups in total. The number of nitrogens with one attached hydrogen (secondary N) is 1. The van der Waals surface area contributed by atoms with Crippen molar-refractivity contribution in [2.75, 3.05) is 13.7 Å². The zero-order valence-corrected chi connectivity index (χ0v) is 16.4. The Kier molecular flexibility index (Phi) is 7.04. The van der Waals surface area contributed by atoms with Gasteiger partial charge in [0.2, 0.25) is 0 Å². The van der Waals surface area contributed by atoms with Gasteiger partial charge in [-0.05, 0) is 61.7 Å². The fourth-order valence-corrected chi connectivity index (χ4v) is 2.98. The number of hydrogen-bond donors (Lipinski definition) is 1. The maximum atomic E-state index is 12.1. The normalized spacial score (nSPS) is 10.3. The second kappa shape index (κ2) is 9.25. The molecule has 0 saturated heterocycles. The van der Waals surface area contributed by atoms with E-state index in [9.17, 15) is 4.79 Å². The Morgan fingerprint density at radius 3 is 2.76 bits per heavy atom. The Morgan fingerprint density at radius 2 is 2.08 bits per heavy atom. The lowest BCUT2D eigenvalue weighted by atomic mass is 10.2. The number of amides is 1. The molecule has 0 aromatic heterocycles. The highest BCUT2D eigenvalue weighted by molar-refractivity contribution is 9.10. The van der Waals surface area contributed by atoms with Gasteiger partial charge < -0.3 is 9.47 Å². The van der Waals surface area contributed by atoms with Gasteiger partial charge in [0.05, 0.1) is 23.4 Å². The highest BCUT2D eigenvalue weighted by Gasteiger charge is 2.11. The van der Waals surface area contributed by atoms with Crippen LogP contribution in [0, 0.1) is 12.3 Å². The standard InChI is InChI=1S/C18H14Br2N2O3/c1-3-8-25-17-15(20)9-12(10-16(17)24-2)11-21-22-18(23)13-6-4-5-7-14(13)19/h1,4-7,9-11H,8H2,2H3,(H,22,23)/b21-11+. The van der Waals surface area contributed by atoms with Crippen LogP contribution in [0.15, 0.2) is 50.4 Å². The maximum Gasteiger partial charge on any atom is 0.272 e. The van der Waals surface area contributed by atoms with E-state index in [0.29, 0.717) is 31.6 Å². The molecule has 25 heavy (non-hydrogen) atoms. The number of halogens is 2. The number of hydrogen-bond acceptors (Lipinski definition) is 4. The van der Waals surface area contributed by atoms with E-state index in [1.54, 1.807) is 30.3 Å². The van der Waals surface area contributed by atoms with Crippen molar-refractivity contribution in [1.82, 2.24) is 5.43 Å². The molecule has 2 rings (SSSR count). The SMILES string of the molecule is C#CCOc1c(Br)cc(/C=N/NC(=O)c2ccccc2Br)cc1OC. The van der Waals surface area contributed by atoms with Crippen LogP contribution in [0.2, 0.25) is 0 Å². The minimum atomic E-state index is -0.316. The number of benzene rings is 2. The molecule has 7 heteroatoms. The third kappa shape index (κ3) is 5.08. The van der Waals surface area contributed by atoms with Crippen molar-refractivity contribution in [2.24, 2.45) is 5.10 Å². The summed E-state index contributed by atoms with van der Waals surface area (Å²) < 4.78 is 12.1. The molecular formula is C18H14Br2N2O3. The lowest BCUT2D eigenvalue weighted by Gasteiger charge is -2.11. The Bertz CT molecular complexity index is 845. The van der Waals surface area contributed by atoms with Gasteiger partial charge in [-0.2, -0.15) is 5.10 Å². The number of ether oxygens (including phenoxy) is 2. The number of terminal acetylenes is 1. The van der Waals surface area contributed by atoms with Crippen LogP contribution in [0.1, 0.15) is 15.9 Å². The van der Waals surface area contributed by atoms with Gasteiger partial charge in [-0.15, -0.1) is 6.42 Å². The molecule has 128 valence electrons. The zero-order valence-electron chi connectivity index (χ0n) is 13.3. The van der Waals surface area contributed by atoms with E-state index in [2.05, 4.69) is 48.3 Å². The highest BCUT2D eigenvalue weighted by Crippen LogP contribution is 2.36. The number of nitrogens with zero attached hydrogens (tertiary/aromatic N) is 1. The third-order valence-electron chi connectivity index (χ3n) is 3.05. The summed E-state index contributed by atoms with van der Waals surface area (Å²) in [7, 11) is 1.53. The molecule has 0 bridgehead atoms. The van der Waals surface area contributed by atoms with Crippen molar-refractivity contribution in [1.29, 1.82) is 0 Å². The monoisotopic (exact) mass is 464 g/mol. The van der Waals surface area contributed by atoms with Gasteiger partial charge in [-0.3, -0.25) is 4.79 Å². The molecule has 0 heterocycles. The summed E-state index contributed by atoms with van der Waals surface area (Å²) in [5.41, 5.74) is 3.69. The largest absolute Gasteiger partial charge is 0.493 e. The summed E-state index contributed by atoms with van der Waals surface area (Å²) >= 11 is 6.73. The van der Waals surface area contributed by atoms with E-state index in [1.807, 2.05) is 6.07 Å². The Hall–Kier alpha value is -2.30. The van der Waals surface area contributed by atoms with E-state index >= 15 is 0 Å². The van der Waals surface area contributed by atoms with Crippen LogP contribution in [-0.4, -0.2) is 25.8 Å². The molecule has 0 radical (unpaired) electrons. The predicted octanol–water partition coefficient (Wildman–Crippen LogP) is 4.00. The molecule has 0 aliphatic carbocycles. The number of hydrazone groups is 1. The smallest absolute Gasteiger partial charge is 0.272 e. The molecule has 1 amide bonds. The molecule has 0 aliphatic rings. The molecule has 0 aliphatic heterocycles. The zero-order chi connectivity index (χ0) is 18.2. The number of methoxy groups -OCH3 is 1. The first-order valence-electron chi connectivity index (χ1n) is 7.08. The van der Waals surface area contributed by atoms with Crippen LogP contribution in [0.4, 0.5) is 0 Å². The number of rotatable bonds is 6. The van der Waals surface area contributed by atoms with Crippen molar-refractivity contribution >= 4 is 44.0 Å². The van der Waals surface area contributed by atoms with Crippen LogP contribution < -0.4 is 14.9 Å². The Balaban J connectivity index is 2.13. The van der Waals surface area contributed by atoms with Crippen molar-refractivity contribution in [2.45, 2.75) is 0 Å². The van der Waals surface area contributed by atoms with Crippen LogP contribution in [0.5, 0.6) is 11.5 Å². The number of carbonyl (C=O) groups excluding carboxylic acids is 1. The molecule has 0 spiro atoms. The van der Waals surface area contributed by atoms with Gasteiger partial charge in [-0.25, -0.2) is 5.43 Å². The Morgan fingerprint density at radius 1 is 1.32 bits per heavy atom. The lowest BCUT2D eigenvalue weighted by Crippen LogP contribution is -2.18. The second-order valence-corrected chi connectivity index (χ2v) is 6.41. The third-order valence-corrected chi connectivity index (χ3v) is 4.33. The van der Waals surface area contributed by atoms with Crippen LogP contribution in [-0.2, 0) is 0 Å². The van der Waals surface area contributed by atoms with Gasteiger partial charge in [0.1, 0.15) is 6.61 Å². The van der Waals surface area contributed by atoms with Crippen molar-refractivity contribution in [3.8, 4) is 23.8 Å². The summed E-state index contributed by atoms with van der Waals surface area (Å²) in [6, 6.07) is 10.6. The van der Waals surface area contributed by atoms with E-state index in [4.69, 9.17) is 15.9 Å². The summed E-state index contributed by atoms with van der Waals surface area (Å²) in [4.78, 5) is 12.1. The van der Waals surface area contributed by atoms with E-state index in [1.165, 1.54) is 13.3 Å². The van der Waals surface area contributed by atoms with Crippen LogP contribution >= 0.6 is 31.9 Å². The molecule has 0 unspecified atom stereocenters. The van der Waals surface area contributed by atoms with Crippen molar-refractivity contribution < 1.29 is 14.3 Å². The van der Waals surface area contributed by atoms with Crippen molar-refractivity contribution in [3.05, 3.63) is 56.5 Å². The lowest BCUT2D eigenvalue weighted by molar-refractivity contribution is 0.0954. The van der Waals surface area contributed by atoms with E-state index < -0.39 is 0 Å². The topological polar surface area (TPSA) is 59.9 Å². The van der Waals surface area contributed by atoms with Gasteiger partial charge in [0.15, 0.2) is 11.5 Å².